The SMILES string of the molecule is Cc1cn2c(CNCCN3CCCCCC3)c(C)nc2s1. The van der Waals surface area contributed by atoms with E-state index in [-0.39, 0.29) is 0 Å². The van der Waals surface area contributed by atoms with E-state index in [2.05, 4.69) is 39.6 Å². The Morgan fingerprint density at radius 3 is 2.71 bits per heavy atom. The molecule has 0 amide bonds. The Bertz CT molecular complexity index is 578. The summed E-state index contributed by atoms with van der Waals surface area (Å²) in [5.41, 5.74) is 2.47. The summed E-state index contributed by atoms with van der Waals surface area (Å²) in [6.45, 7) is 9.96. The summed E-state index contributed by atoms with van der Waals surface area (Å²) in [5.74, 6) is 0. The minimum atomic E-state index is 0.914. The summed E-state index contributed by atoms with van der Waals surface area (Å²) in [6, 6.07) is 0. The van der Waals surface area contributed by atoms with Crippen molar-refractivity contribution in [3.63, 3.8) is 0 Å². The molecule has 0 spiro atoms. The standard InChI is InChI=1S/C16H26N4S/c1-13-12-20-15(14(2)18-16(20)21-13)11-17-7-10-19-8-5-3-4-6-9-19/h12,17H,3-11H2,1-2H3. The van der Waals surface area contributed by atoms with Crippen LogP contribution in [0.5, 0.6) is 0 Å². The zero-order valence-electron chi connectivity index (χ0n) is 13.2. The van der Waals surface area contributed by atoms with Crippen molar-refractivity contribution >= 4 is 16.3 Å². The summed E-state index contributed by atoms with van der Waals surface area (Å²) in [6.07, 6.45) is 7.77. The molecule has 1 aliphatic rings. The van der Waals surface area contributed by atoms with Gasteiger partial charge < -0.3 is 10.2 Å². The maximum atomic E-state index is 4.65. The predicted molar refractivity (Wildman–Crippen MR) is 89.2 cm³/mol. The van der Waals surface area contributed by atoms with Crippen molar-refractivity contribution in [2.45, 2.75) is 46.1 Å². The number of aryl methyl sites for hydroxylation is 2. The van der Waals surface area contributed by atoms with E-state index in [1.165, 1.54) is 55.9 Å². The van der Waals surface area contributed by atoms with E-state index < -0.39 is 0 Å². The van der Waals surface area contributed by atoms with Crippen molar-refractivity contribution in [1.29, 1.82) is 0 Å². The maximum Gasteiger partial charge on any atom is 0.194 e. The molecule has 1 aliphatic heterocycles. The van der Waals surface area contributed by atoms with Crippen LogP contribution in [0.1, 0.15) is 41.9 Å². The van der Waals surface area contributed by atoms with Crippen molar-refractivity contribution in [3.05, 3.63) is 22.5 Å². The Kier molecular flexibility index (Phi) is 4.93. The van der Waals surface area contributed by atoms with Crippen LogP contribution in [-0.2, 0) is 6.54 Å². The first-order valence-electron chi connectivity index (χ1n) is 8.11. The number of rotatable bonds is 5. The fourth-order valence-electron chi connectivity index (χ4n) is 3.13. The van der Waals surface area contributed by atoms with Crippen LogP contribution in [0.2, 0.25) is 0 Å². The Labute approximate surface area is 131 Å². The minimum Gasteiger partial charge on any atom is -0.310 e. The molecule has 0 saturated carbocycles. The quantitative estimate of drug-likeness (QED) is 0.862. The summed E-state index contributed by atoms with van der Waals surface area (Å²) in [5, 5.41) is 3.60. The Hall–Kier alpha value is -0.910. The molecule has 0 radical (unpaired) electrons. The number of aromatic nitrogens is 2. The highest BCUT2D eigenvalue weighted by Gasteiger charge is 2.11. The summed E-state index contributed by atoms with van der Waals surface area (Å²) >= 11 is 1.77. The predicted octanol–water partition coefficient (Wildman–Crippen LogP) is 2.98. The molecular formula is C16H26N4S. The fraction of sp³-hybridized carbons (Fsp3) is 0.688. The Morgan fingerprint density at radius 2 is 1.95 bits per heavy atom. The van der Waals surface area contributed by atoms with E-state index in [0.717, 1.165) is 23.7 Å². The lowest BCUT2D eigenvalue weighted by Crippen LogP contribution is -2.32. The van der Waals surface area contributed by atoms with Crippen molar-refractivity contribution in [3.8, 4) is 0 Å². The second kappa shape index (κ2) is 6.90. The molecular weight excluding hydrogens is 280 g/mol. The van der Waals surface area contributed by atoms with Gasteiger partial charge in [0.1, 0.15) is 0 Å². The van der Waals surface area contributed by atoms with Gasteiger partial charge in [-0.15, -0.1) is 11.3 Å². The molecule has 0 bridgehead atoms. The van der Waals surface area contributed by atoms with Crippen LogP contribution in [0.15, 0.2) is 6.20 Å². The highest BCUT2D eigenvalue weighted by Crippen LogP contribution is 2.20. The lowest BCUT2D eigenvalue weighted by Gasteiger charge is -2.19. The van der Waals surface area contributed by atoms with E-state index in [1.54, 1.807) is 11.3 Å². The number of hydrogen-bond donors (Lipinski definition) is 1. The molecule has 0 aliphatic carbocycles. The van der Waals surface area contributed by atoms with Crippen LogP contribution in [0.4, 0.5) is 0 Å². The molecule has 116 valence electrons. The largest absolute Gasteiger partial charge is 0.310 e. The van der Waals surface area contributed by atoms with Gasteiger partial charge in [-0.3, -0.25) is 4.40 Å². The molecule has 4 nitrogen and oxygen atoms in total. The van der Waals surface area contributed by atoms with Gasteiger partial charge in [0, 0.05) is 30.7 Å². The van der Waals surface area contributed by atoms with Crippen LogP contribution in [-0.4, -0.2) is 40.5 Å². The third-order valence-corrected chi connectivity index (χ3v) is 5.23. The van der Waals surface area contributed by atoms with Crippen molar-refractivity contribution in [1.82, 2.24) is 19.6 Å². The first-order valence-corrected chi connectivity index (χ1v) is 8.93. The molecule has 2 aromatic rings. The molecule has 3 heterocycles. The van der Waals surface area contributed by atoms with Gasteiger partial charge >= 0.3 is 0 Å². The van der Waals surface area contributed by atoms with Crippen molar-refractivity contribution < 1.29 is 0 Å². The van der Waals surface area contributed by atoms with Gasteiger partial charge in [0.05, 0.1) is 11.4 Å². The van der Waals surface area contributed by atoms with Crippen molar-refractivity contribution in [2.75, 3.05) is 26.2 Å². The molecule has 2 aromatic heterocycles. The number of nitrogens with zero attached hydrogens (tertiary/aromatic N) is 3. The summed E-state index contributed by atoms with van der Waals surface area (Å²) in [7, 11) is 0. The van der Waals surface area contributed by atoms with Gasteiger partial charge in [-0.05, 0) is 39.8 Å². The summed E-state index contributed by atoms with van der Waals surface area (Å²) < 4.78 is 2.24. The van der Waals surface area contributed by atoms with E-state index in [9.17, 15) is 0 Å². The van der Waals surface area contributed by atoms with E-state index in [0.29, 0.717) is 0 Å². The van der Waals surface area contributed by atoms with Gasteiger partial charge in [0.2, 0.25) is 0 Å². The Morgan fingerprint density at radius 1 is 1.19 bits per heavy atom. The molecule has 3 rings (SSSR count). The first-order chi connectivity index (χ1) is 10.2. The van der Waals surface area contributed by atoms with Crippen LogP contribution in [0, 0.1) is 13.8 Å². The third-order valence-electron chi connectivity index (χ3n) is 4.34. The average molecular weight is 306 g/mol. The molecule has 0 unspecified atom stereocenters. The van der Waals surface area contributed by atoms with Crippen molar-refractivity contribution in [2.24, 2.45) is 0 Å². The molecule has 1 N–H and O–H groups in total. The average Bonchev–Trinajstić information content (AvgIpc) is 2.82. The van der Waals surface area contributed by atoms with E-state index >= 15 is 0 Å². The third kappa shape index (κ3) is 3.65. The Balaban J connectivity index is 1.51. The molecule has 0 atom stereocenters. The lowest BCUT2D eigenvalue weighted by atomic mass is 10.2. The number of likely N-dealkylation sites (tertiary alicyclic amines) is 1. The lowest BCUT2D eigenvalue weighted by molar-refractivity contribution is 0.284. The fourth-order valence-corrected chi connectivity index (χ4v) is 4.02. The zero-order valence-corrected chi connectivity index (χ0v) is 14.0. The van der Waals surface area contributed by atoms with Gasteiger partial charge in [-0.1, -0.05) is 12.8 Å². The van der Waals surface area contributed by atoms with Gasteiger partial charge in [-0.25, -0.2) is 4.98 Å². The smallest absolute Gasteiger partial charge is 0.194 e. The zero-order chi connectivity index (χ0) is 14.7. The molecule has 0 aromatic carbocycles. The van der Waals surface area contributed by atoms with Gasteiger partial charge in [0.25, 0.3) is 0 Å². The van der Waals surface area contributed by atoms with E-state index in [1.807, 2.05) is 0 Å². The second-order valence-corrected chi connectivity index (χ2v) is 7.28. The molecule has 21 heavy (non-hydrogen) atoms. The number of nitrogens with one attached hydrogen (secondary N) is 1. The van der Waals surface area contributed by atoms with Crippen LogP contribution in [0.25, 0.3) is 4.96 Å². The van der Waals surface area contributed by atoms with Gasteiger partial charge in [-0.2, -0.15) is 0 Å². The first kappa shape index (κ1) is 15.0. The molecule has 5 heteroatoms. The van der Waals surface area contributed by atoms with Crippen LogP contribution >= 0.6 is 11.3 Å². The number of hydrogen-bond acceptors (Lipinski definition) is 4. The summed E-state index contributed by atoms with van der Waals surface area (Å²) in [4.78, 5) is 9.69. The van der Waals surface area contributed by atoms with Crippen LogP contribution < -0.4 is 5.32 Å². The topological polar surface area (TPSA) is 32.6 Å². The molecule has 1 fully saturated rings. The monoisotopic (exact) mass is 306 g/mol. The van der Waals surface area contributed by atoms with Crippen LogP contribution in [0.3, 0.4) is 0 Å². The highest BCUT2D eigenvalue weighted by atomic mass is 32.1. The number of fused-ring (bicyclic) bond motifs is 1. The highest BCUT2D eigenvalue weighted by molar-refractivity contribution is 7.17. The second-order valence-electron chi connectivity index (χ2n) is 6.07. The minimum absolute atomic E-state index is 0.914. The normalized spacial score (nSPS) is 17.4. The molecule has 1 saturated heterocycles. The van der Waals surface area contributed by atoms with Gasteiger partial charge in [0.15, 0.2) is 4.96 Å². The van der Waals surface area contributed by atoms with E-state index in [4.69, 9.17) is 0 Å². The maximum absolute atomic E-state index is 4.65. The number of imidazole rings is 1. The number of thiazole rings is 1.